The van der Waals surface area contributed by atoms with Gasteiger partial charge in [-0.1, -0.05) is 91.8 Å². The summed E-state index contributed by atoms with van der Waals surface area (Å²) in [4.78, 5) is 0. The van der Waals surface area contributed by atoms with Crippen molar-refractivity contribution in [3.63, 3.8) is 0 Å². The lowest BCUT2D eigenvalue weighted by Crippen LogP contribution is -2.48. The van der Waals surface area contributed by atoms with Crippen LogP contribution in [0.2, 0.25) is 5.04 Å². The highest BCUT2D eigenvalue weighted by Gasteiger charge is 2.29. The number of hydrogen-bond donors (Lipinski definition) is 1. The molecule has 0 atom stereocenters. The molecule has 0 aliphatic carbocycles. The van der Waals surface area contributed by atoms with E-state index >= 15 is 0 Å². The van der Waals surface area contributed by atoms with E-state index in [2.05, 4.69) is 81.4 Å². The molecular weight excluding hydrogens is 248 g/mol. The first kappa shape index (κ1) is 15.7. The molecule has 1 nitrogen and oxygen atoms in total. The molecule has 0 saturated carbocycles. The van der Waals surface area contributed by atoms with E-state index in [-0.39, 0.29) is 0 Å². The predicted octanol–water partition coefficient (Wildman–Crippen LogP) is 2.70. The lowest BCUT2D eigenvalue weighted by Gasteiger charge is -2.29. The molecule has 0 aromatic heterocycles. The van der Waals surface area contributed by atoms with E-state index < -0.39 is 8.80 Å². The Hall–Kier alpha value is -1.38. The van der Waals surface area contributed by atoms with Gasteiger partial charge in [-0.3, -0.25) is 0 Å². The third-order valence-electron chi connectivity index (χ3n) is 2.87. The maximum Gasteiger partial charge on any atom is 0.126 e. The molecular formula is C17H23OSi. The van der Waals surface area contributed by atoms with Crippen LogP contribution < -0.4 is 10.4 Å². The summed E-state index contributed by atoms with van der Waals surface area (Å²) in [5, 5.41) is 10.3. The van der Waals surface area contributed by atoms with Crippen molar-refractivity contribution in [2.24, 2.45) is 0 Å². The Morgan fingerprint density at radius 1 is 0.684 bits per heavy atom. The fourth-order valence-electron chi connectivity index (χ4n) is 2.24. The molecule has 0 spiro atoms. The summed E-state index contributed by atoms with van der Waals surface area (Å²) in [6.07, 6.45) is 0. The second-order valence-corrected chi connectivity index (χ2v) is 8.76. The maximum absolute atomic E-state index is 7.00. The normalized spacial score (nSPS) is 10.8. The van der Waals surface area contributed by atoms with E-state index in [0.717, 1.165) is 7.11 Å². The fraction of sp³-hybridized carbons (Fsp3) is 0.294. The SMILES string of the molecule is CC(C)(C)[Si](c1ccccc1)c1ccccc1.CO. The van der Waals surface area contributed by atoms with Crippen LogP contribution >= 0.6 is 0 Å². The quantitative estimate of drug-likeness (QED) is 0.833. The van der Waals surface area contributed by atoms with Crippen LogP contribution in [0.4, 0.5) is 0 Å². The molecule has 0 saturated heterocycles. The average molecular weight is 271 g/mol. The average Bonchev–Trinajstić information content (AvgIpc) is 2.42. The van der Waals surface area contributed by atoms with Crippen LogP contribution in [0.3, 0.4) is 0 Å². The number of hydrogen-bond acceptors (Lipinski definition) is 1. The molecule has 2 aromatic rings. The third kappa shape index (κ3) is 4.34. The lowest BCUT2D eigenvalue weighted by atomic mass is 10.2. The molecule has 0 unspecified atom stereocenters. The highest BCUT2D eigenvalue weighted by Crippen LogP contribution is 2.26. The molecule has 2 aromatic carbocycles. The van der Waals surface area contributed by atoms with Gasteiger partial charge in [-0.2, -0.15) is 0 Å². The zero-order chi connectivity index (χ0) is 14.3. The van der Waals surface area contributed by atoms with Crippen LogP contribution in [0.25, 0.3) is 0 Å². The van der Waals surface area contributed by atoms with Gasteiger partial charge in [-0.05, 0) is 5.04 Å². The van der Waals surface area contributed by atoms with Crippen molar-refractivity contribution in [1.82, 2.24) is 0 Å². The minimum Gasteiger partial charge on any atom is -0.400 e. The number of aliphatic hydroxyl groups is 1. The van der Waals surface area contributed by atoms with Crippen molar-refractivity contribution >= 4 is 19.2 Å². The highest BCUT2D eigenvalue weighted by molar-refractivity contribution is 6.87. The first-order chi connectivity index (χ1) is 9.09. The van der Waals surface area contributed by atoms with Crippen LogP contribution in [-0.2, 0) is 0 Å². The first-order valence-electron chi connectivity index (χ1n) is 6.52. The van der Waals surface area contributed by atoms with Gasteiger partial charge in [-0.15, -0.1) is 0 Å². The predicted molar refractivity (Wildman–Crippen MR) is 85.8 cm³/mol. The zero-order valence-corrected chi connectivity index (χ0v) is 13.2. The van der Waals surface area contributed by atoms with Gasteiger partial charge in [-0.25, -0.2) is 0 Å². The zero-order valence-electron chi connectivity index (χ0n) is 12.2. The van der Waals surface area contributed by atoms with Crippen molar-refractivity contribution in [2.45, 2.75) is 25.8 Å². The Morgan fingerprint density at radius 3 is 1.26 bits per heavy atom. The smallest absolute Gasteiger partial charge is 0.126 e. The van der Waals surface area contributed by atoms with Crippen molar-refractivity contribution < 1.29 is 5.11 Å². The minimum absolute atomic E-state index is 0.327. The third-order valence-corrected chi connectivity index (χ3v) is 6.20. The van der Waals surface area contributed by atoms with E-state index in [1.807, 2.05) is 0 Å². The summed E-state index contributed by atoms with van der Waals surface area (Å²) >= 11 is 0. The summed E-state index contributed by atoms with van der Waals surface area (Å²) in [5.74, 6) is 0. The maximum atomic E-state index is 7.00. The Kier molecular flexibility index (Phi) is 5.99. The second kappa shape index (κ2) is 7.27. The largest absolute Gasteiger partial charge is 0.400 e. The Balaban J connectivity index is 0.000000861. The van der Waals surface area contributed by atoms with Crippen LogP contribution in [0.5, 0.6) is 0 Å². The summed E-state index contributed by atoms with van der Waals surface area (Å²) in [6.45, 7) is 7.05. The molecule has 1 N–H and O–H groups in total. The molecule has 0 fully saturated rings. The van der Waals surface area contributed by atoms with Crippen molar-refractivity contribution in [3.05, 3.63) is 60.7 Å². The molecule has 1 radical (unpaired) electrons. The van der Waals surface area contributed by atoms with E-state index in [1.165, 1.54) is 10.4 Å². The fourth-order valence-corrected chi connectivity index (χ4v) is 5.36. The van der Waals surface area contributed by atoms with Crippen molar-refractivity contribution in [3.8, 4) is 0 Å². The standard InChI is InChI=1S/C16H19Si.CH4O/c1-16(2,3)17(14-10-6-4-7-11-14)15-12-8-5-9-13-15;1-2/h4-13H,1-3H3;2H,1H3. The molecule has 101 valence electrons. The molecule has 0 bridgehead atoms. The molecule has 0 aliphatic rings. The molecule has 2 heteroatoms. The van der Waals surface area contributed by atoms with Gasteiger partial charge in [0.2, 0.25) is 0 Å². The van der Waals surface area contributed by atoms with Crippen LogP contribution in [0, 0.1) is 0 Å². The van der Waals surface area contributed by atoms with E-state index in [1.54, 1.807) is 0 Å². The first-order valence-corrected chi connectivity index (χ1v) is 8.02. The Morgan fingerprint density at radius 2 is 1.00 bits per heavy atom. The number of aliphatic hydroxyl groups excluding tert-OH is 1. The van der Waals surface area contributed by atoms with Gasteiger partial charge in [0.05, 0.1) is 0 Å². The van der Waals surface area contributed by atoms with Gasteiger partial charge in [0, 0.05) is 7.11 Å². The van der Waals surface area contributed by atoms with E-state index in [4.69, 9.17) is 5.11 Å². The lowest BCUT2D eigenvalue weighted by molar-refractivity contribution is 0.399. The summed E-state index contributed by atoms with van der Waals surface area (Å²) in [5.41, 5.74) is 0. The number of benzene rings is 2. The molecule has 0 heterocycles. The van der Waals surface area contributed by atoms with Gasteiger partial charge in [0.15, 0.2) is 0 Å². The highest BCUT2D eigenvalue weighted by atomic mass is 28.3. The molecule has 0 amide bonds. The van der Waals surface area contributed by atoms with Crippen molar-refractivity contribution in [1.29, 1.82) is 0 Å². The molecule has 19 heavy (non-hydrogen) atoms. The van der Waals surface area contributed by atoms with Gasteiger partial charge < -0.3 is 5.11 Å². The van der Waals surface area contributed by atoms with Gasteiger partial charge >= 0.3 is 0 Å². The van der Waals surface area contributed by atoms with Crippen LogP contribution in [0.1, 0.15) is 20.8 Å². The van der Waals surface area contributed by atoms with Crippen LogP contribution in [-0.4, -0.2) is 21.0 Å². The summed E-state index contributed by atoms with van der Waals surface area (Å²) in [6, 6.07) is 21.9. The molecule has 0 aliphatic heterocycles. The number of rotatable bonds is 2. The van der Waals surface area contributed by atoms with E-state index in [9.17, 15) is 0 Å². The van der Waals surface area contributed by atoms with Crippen LogP contribution in [0.15, 0.2) is 60.7 Å². The minimum atomic E-state index is -0.715. The Labute approximate surface area is 118 Å². The topological polar surface area (TPSA) is 20.2 Å². The second-order valence-electron chi connectivity index (χ2n) is 5.36. The van der Waals surface area contributed by atoms with Crippen molar-refractivity contribution in [2.75, 3.05) is 7.11 Å². The summed E-state index contributed by atoms with van der Waals surface area (Å²) in [7, 11) is 0.285. The monoisotopic (exact) mass is 271 g/mol. The molecule has 2 rings (SSSR count). The summed E-state index contributed by atoms with van der Waals surface area (Å²) < 4.78 is 0. The van der Waals surface area contributed by atoms with E-state index in [0.29, 0.717) is 5.04 Å². The van der Waals surface area contributed by atoms with Gasteiger partial charge in [0.1, 0.15) is 8.80 Å². The van der Waals surface area contributed by atoms with Gasteiger partial charge in [0.25, 0.3) is 0 Å². The Bertz CT molecular complexity index is 420.